The third kappa shape index (κ3) is 2.66. The molecule has 0 fully saturated rings. The van der Waals surface area contributed by atoms with E-state index < -0.39 is 0 Å². The van der Waals surface area contributed by atoms with E-state index in [1.807, 2.05) is 0 Å². The van der Waals surface area contributed by atoms with E-state index in [1.54, 1.807) is 32.2 Å². The molecule has 94 valence electrons. The molecule has 0 saturated heterocycles. The van der Waals surface area contributed by atoms with Crippen molar-refractivity contribution in [2.24, 2.45) is 12.0 Å². The van der Waals surface area contributed by atoms with Crippen LogP contribution in [-0.4, -0.2) is 4.57 Å². The molecule has 1 aromatic carbocycles. The summed E-state index contributed by atoms with van der Waals surface area (Å²) in [5, 5.41) is 0.917. The van der Waals surface area contributed by atoms with E-state index in [4.69, 9.17) is 27.6 Å². The van der Waals surface area contributed by atoms with Crippen molar-refractivity contribution in [1.82, 2.24) is 4.57 Å². The lowest BCUT2D eigenvalue weighted by Gasteiger charge is -2.01. The Morgan fingerprint density at radius 3 is 2.67 bits per heavy atom. The van der Waals surface area contributed by atoms with Crippen molar-refractivity contribution in [3.05, 3.63) is 56.1 Å². The van der Waals surface area contributed by atoms with E-state index >= 15 is 0 Å². The van der Waals surface area contributed by atoms with Gasteiger partial charge in [0.05, 0.1) is 10.7 Å². The summed E-state index contributed by atoms with van der Waals surface area (Å²) in [5.74, 6) is 0.488. The minimum absolute atomic E-state index is 0.184. The van der Waals surface area contributed by atoms with Crippen LogP contribution >= 0.6 is 23.2 Å². The van der Waals surface area contributed by atoms with Gasteiger partial charge in [0.25, 0.3) is 5.56 Å². The summed E-state index contributed by atoms with van der Waals surface area (Å²) >= 11 is 11.8. The third-order valence-corrected chi connectivity index (χ3v) is 2.86. The summed E-state index contributed by atoms with van der Waals surface area (Å²) in [4.78, 5) is 15.8. The molecule has 0 aliphatic heterocycles. The minimum Gasteiger partial charge on any atom is -0.430 e. The lowest BCUT2D eigenvalue weighted by Crippen LogP contribution is -2.30. The standard InChI is InChI=1S/C12H10Cl2N2O2/c1-7-5-11(17)16(2)12(18-7)15-10-4-3-8(13)6-9(10)14/h3-6H,1-2H3. The van der Waals surface area contributed by atoms with E-state index in [0.717, 1.165) is 0 Å². The summed E-state index contributed by atoms with van der Waals surface area (Å²) in [7, 11) is 1.58. The SMILES string of the molecule is Cc1cc(=O)n(C)c(=Nc2ccc(Cl)cc2Cl)o1. The summed E-state index contributed by atoms with van der Waals surface area (Å²) in [6.07, 6.45) is 0. The molecule has 1 heterocycles. The minimum atomic E-state index is -0.192. The van der Waals surface area contributed by atoms with Gasteiger partial charge in [-0.3, -0.25) is 9.36 Å². The Bertz CT molecular complexity index is 717. The van der Waals surface area contributed by atoms with E-state index in [-0.39, 0.29) is 11.2 Å². The van der Waals surface area contributed by atoms with Crippen LogP contribution in [0.5, 0.6) is 0 Å². The largest absolute Gasteiger partial charge is 0.430 e. The van der Waals surface area contributed by atoms with Crippen molar-refractivity contribution in [2.75, 3.05) is 0 Å². The maximum atomic E-state index is 11.6. The predicted molar refractivity (Wildman–Crippen MR) is 70.4 cm³/mol. The van der Waals surface area contributed by atoms with Crippen LogP contribution in [0.2, 0.25) is 10.0 Å². The highest BCUT2D eigenvalue weighted by atomic mass is 35.5. The molecule has 0 saturated carbocycles. The first-order chi connectivity index (χ1) is 8.47. The number of halogens is 2. The molecule has 0 N–H and O–H groups in total. The average molecular weight is 285 g/mol. The quantitative estimate of drug-likeness (QED) is 0.808. The van der Waals surface area contributed by atoms with Crippen LogP contribution in [-0.2, 0) is 7.05 Å². The molecule has 0 aliphatic rings. The number of aryl methyl sites for hydroxylation is 1. The number of nitrogens with zero attached hydrogens (tertiary/aromatic N) is 2. The fraction of sp³-hybridized carbons (Fsp3) is 0.167. The van der Waals surface area contributed by atoms with Gasteiger partial charge in [0.2, 0.25) is 0 Å². The number of aromatic nitrogens is 1. The molecule has 0 atom stereocenters. The molecule has 0 spiro atoms. The van der Waals surface area contributed by atoms with E-state index in [2.05, 4.69) is 4.99 Å². The van der Waals surface area contributed by atoms with Crippen LogP contribution in [0.3, 0.4) is 0 Å². The topological polar surface area (TPSA) is 47.5 Å². The zero-order valence-electron chi connectivity index (χ0n) is 9.78. The molecule has 2 aromatic rings. The first kappa shape index (κ1) is 12.9. The third-order valence-electron chi connectivity index (χ3n) is 2.32. The summed E-state index contributed by atoms with van der Waals surface area (Å²) < 4.78 is 6.69. The molecule has 18 heavy (non-hydrogen) atoms. The van der Waals surface area contributed by atoms with Gasteiger partial charge in [0, 0.05) is 18.1 Å². The monoisotopic (exact) mass is 284 g/mol. The molecular formula is C12H10Cl2N2O2. The first-order valence-electron chi connectivity index (χ1n) is 5.15. The summed E-state index contributed by atoms with van der Waals surface area (Å²) in [6.45, 7) is 1.68. The first-order valence-corrected chi connectivity index (χ1v) is 5.90. The summed E-state index contributed by atoms with van der Waals surface area (Å²) in [5.41, 5.74) is 0.484. The Hall–Kier alpha value is -1.52. The zero-order valence-corrected chi connectivity index (χ0v) is 11.3. The second-order valence-electron chi connectivity index (χ2n) is 3.74. The van der Waals surface area contributed by atoms with Crippen LogP contribution in [0.15, 0.2) is 38.5 Å². The van der Waals surface area contributed by atoms with Gasteiger partial charge in [0.1, 0.15) is 5.76 Å². The maximum absolute atomic E-state index is 11.6. The van der Waals surface area contributed by atoms with E-state index in [9.17, 15) is 4.79 Å². The van der Waals surface area contributed by atoms with Crippen molar-refractivity contribution in [1.29, 1.82) is 0 Å². The van der Waals surface area contributed by atoms with Crippen LogP contribution in [0, 0.1) is 6.92 Å². The molecule has 0 unspecified atom stereocenters. The van der Waals surface area contributed by atoms with Gasteiger partial charge in [-0.25, -0.2) is 0 Å². The normalized spacial score (nSPS) is 11.9. The Balaban J connectivity index is 2.68. The average Bonchev–Trinajstić information content (AvgIpc) is 2.29. The molecule has 0 aliphatic carbocycles. The van der Waals surface area contributed by atoms with Crippen molar-refractivity contribution in [3.63, 3.8) is 0 Å². The second kappa shape index (κ2) is 5.00. The molecule has 2 rings (SSSR count). The lowest BCUT2D eigenvalue weighted by atomic mass is 10.3. The number of benzene rings is 1. The zero-order chi connectivity index (χ0) is 13.3. The van der Waals surface area contributed by atoms with Gasteiger partial charge < -0.3 is 4.42 Å². The van der Waals surface area contributed by atoms with Gasteiger partial charge in [-0.05, 0) is 25.1 Å². The number of hydrogen-bond acceptors (Lipinski definition) is 3. The fourth-order valence-corrected chi connectivity index (χ4v) is 1.83. The molecule has 6 heteroatoms. The van der Waals surface area contributed by atoms with Gasteiger partial charge in [-0.2, -0.15) is 4.99 Å². The van der Waals surface area contributed by atoms with E-state index in [1.165, 1.54) is 10.6 Å². The second-order valence-corrected chi connectivity index (χ2v) is 4.59. The van der Waals surface area contributed by atoms with Crippen molar-refractivity contribution in [3.8, 4) is 0 Å². The van der Waals surface area contributed by atoms with Crippen molar-refractivity contribution >= 4 is 28.9 Å². The van der Waals surface area contributed by atoms with Gasteiger partial charge in [-0.1, -0.05) is 23.2 Å². The van der Waals surface area contributed by atoms with Crippen LogP contribution in [0.25, 0.3) is 0 Å². The highest BCUT2D eigenvalue weighted by Gasteiger charge is 2.02. The molecule has 1 aromatic heterocycles. The Kier molecular flexibility index (Phi) is 3.59. The summed E-state index contributed by atoms with van der Waals surface area (Å²) in [6, 6.07) is 6.30. The lowest BCUT2D eigenvalue weighted by molar-refractivity contribution is 0.404. The molecule has 4 nitrogen and oxygen atoms in total. The highest BCUT2D eigenvalue weighted by Crippen LogP contribution is 2.27. The van der Waals surface area contributed by atoms with Crippen LogP contribution in [0.1, 0.15) is 5.76 Å². The Labute approximate surface area is 113 Å². The molecular weight excluding hydrogens is 275 g/mol. The molecule has 0 bridgehead atoms. The van der Waals surface area contributed by atoms with E-state index in [0.29, 0.717) is 21.5 Å². The number of hydrogen-bond donors (Lipinski definition) is 0. The maximum Gasteiger partial charge on any atom is 0.304 e. The van der Waals surface area contributed by atoms with Gasteiger partial charge >= 0.3 is 5.68 Å². The smallest absolute Gasteiger partial charge is 0.304 e. The van der Waals surface area contributed by atoms with Gasteiger partial charge in [0.15, 0.2) is 0 Å². The Morgan fingerprint density at radius 2 is 2.00 bits per heavy atom. The Morgan fingerprint density at radius 1 is 1.28 bits per heavy atom. The van der Waals surface area contributed by atoms with Crippen LogP contribution < -0.4 is 11.2 Å². The predicted octanol–water partition coefficient (Wildman–Crippen LogP) is 2.83. The van der Waals surface area contributed by atoms with Gasteiger partial charge in [-0.15, -0.1) is 0 Å². The molecule has 0 radical (unpaired) electrons. The van der Waals surface area contributed by atoms with Crippen molar-refractivity contribution < 1.29 is 4.42 Å². The number of rotatable bonds is 1. The fourth-order valence-electron chi connectivity index (χ4n) is 1.38. The van der Waals surface area contributed by atoms with Crippen molar-refractivity contribution in [2.45, 2.75) is 6.92 Å². The highest BCUT2D eigenvalue weighted by molar-refractivity contribution is 6.36. The van der Waals surface area contributed by atoms with Crippen LogP contribution in [0.4, 0.5) is 5.69 Å². The molecule has 0 amide bonds.